The third-order valence-electron chi connectivity index (χ3n) is 2.94. The van der Waals surface area contributed by atoms with Crippen LogP contribution in [0, 0.1) is 0 Å². The van der Waals surface area contributed by atoms with Gasteiger partial charge in [0.25, 0.3) is 0 Å². The highest BCUT2D eigenvalue weighted by Crippen LogP contribution is 2.20. The summed E-state index contributed by atoms with van der Waals surface area (Å²) in [5.74, 6) is 0.185. The van der Waals surface area contributed by atoms with Gasteiger partial charge in [0.2, 0.25) is 5.91 Å². The predicted octanol–water partition coefficient (Wildman–Crippen LogP) is 1.55. The quantitative estimate of drug-likeness (QED) is 0.717. The molecule has 1 amide bonds. The first kappa shape index (κ1) is 12.2. The van der Waals surface area contributed by atoms with Crippen molar-refractivity contribution in [2.45, 2.75) is 38.6 Å². The zero-order valence-corrected chi connectivity index (χ0v) is 10.1. The summed E-state index contributed by atoms with van der Waals surface area (Å²) in [5.41, 5.74) is 0.660. The Labute approximate surface area is 92.5 Å². The molecule has 1 unspecified atom stereocenters. The van der Waals surface area contributed by atoms with Gasteiger partial charge < -0.3 is 10.2 Å². The lowest BCUT2D eigenvalue weighted by atomic mass is 9.89. The van der Waals surface area contributed by atoms with Gasteiger partial charge in [0, 0.05) is 13.6 Å². The predicted molar refractivity (Wildman–Crippen MR) is 62.7 cm³/mol. The summed E-state index contributed by atoms with van der Waals surface area (Å²) < 4.78 is 0. The number of nitrogens with one attached hydrogen (secondary N) is 1. The van der Waals surface area contributed by atoms with Crippen LogP contribution in [0.5, 0.6) is 0 Å². The van der Waals surface area contributed by atoms with Gasteiger partial charge in [-0.05, 0) is 39.7 Å². The maximum atomic E-state index is 12.2. The average molecular weight is 210 g/mol. The number of likely N-dealkylation sites (N-methyl/N-ethyl adjacent to an activating group) is 1. The van der Waals surface area contributed by atoms with E-state index in [4.69, 9.17) is 0 Å². The summed E-state index contributed by atoms with van der Waals surface area (Å²) in [5, 5.41) is 3.33. The van der Waals surface area contributed by atoms with Gasteiger partial charge in [0.1, 0.15) is 0 Å². The summed E-state index contributed by atoms with van der Waals surface area (Å²) in [4.78, 5) is 13.9. The zero-order valence-electron chi connectivity index (χ0n) is 10.1. The van der Waals surface area contributed by atoms with Gasteiger partial charge in [-0.15, -0.1) is 0 Å². The van der Waals surface area contributed by atoms with Gasteiger partial charge in [0.15, 0.2) is 0 Å². The fraction of sp³-hybridized carbons (Fsp3) is 0.750. The molecule has 0 aromatic heterocycles. The molecular weight excluding hydrogens is 188 g/mol. The lowest BCUT2D eigenvalue weighted by molar-refractivity contribution is -0.136. The molecule has 1 atom stereocenters. The fourth-order valence-corrected chi connectivity index (χ4v) is 2.14. The van der Waals surface area contributed by atoms with Crippen LogP contribution >= 0.6 is 0 Å². The zero-order chi connectivity index (χ0) is 11.5. The molecule has 0 aromatic rings. The fourth-order valence-electron chi connectivity index (χ4n) is 2.14. The van der Waals surface area contributed by atoms with E-state index < -0.39 is 0 Å². The first-order valence-corrected chi connectivity index (χ1v) is 5.61. The number of hydrogen-bond donors (Lipinski definition) is 1. The van der Waals surface area contributed by atoms with Crippen molar-refractivity contribution in [2.24, 2.45) is 0 Å². The molecule has 86 valence electrons. The summed E-state index contributed by atoms with van der Waals surface area (Å²) in [7, 11) is 1.85. The molecule has 0 spiro atoms. The van der Waals surface area contributed by atoms with Crippen molar-refractivity contribution in [3.63, 3.8) is 0 Å². The van der Waals surface area contributed by atoms with Gasteiger partial charge in [-0.1, -0.05) is 12.2 Å². The van der Waals surface area contributed by atoms with Crippen molar-refractivity contribution in [3.8, 4) is 0 Å². The van der Waals surface area contributed by atoms with E-state index in [9.17, 15) is 4.79 Å². The molecular formula is C12H22N2O. The second-order valence-electron chi connectivity index (χ2n) is 4.83. The van der Waals surface area contributed by atoms with E-state index in [1.54, 1.807) is 4.90 Å². The van der Waals surface area contributed by atoms with Crippen LogP contribution in [0.15, 0.2) is 12.2 Å². The Morgan fingerprint density at radius 2 is 2.20 bits per heavy atom. The van der Waals surface area contributed by atoms with E-state index in [2.05, 4.69) is 11.9 Å². The number of hydrogen-bond acceptors (Lipinski definition) is 2. The van der Waals surface area contributed by atoms with E-state index in [1.807, 2.05) is 20.9 Å². The molecule has 0 saturated carbocycles. The SMILES string of the molecule is C=C(C)CN(C)C(=O)C1(C)CCCCN1. The molecule has 3 nitrogen and oxygen atoms in total. The number of carbonyl (C=O) groups is 1. The Morgan fingerprint density at radius 3 is 2.67 bits per heavy atom. The first-order valence-electron chi connectivity index (χ1n) is 5.61. The van der Waals surface area contributed by atoms with Crippen LogP contribution < -0.4 is 5.32 Å². The topological polar surface area (TPSA) is 32.3 Å². The molecule has 3 heteroatoms. The molecule has 0 aromatic carbocycles. The van der Waals surface area contributed by atoms with Gasteiger partial charge in [-0.25, -0.2) is 0 Å². The molecule has 1 aliphatic rings. The second-order valence-corrected chi connectivity index (χ2v) is 4.83. The van der Waals surface area contributed by atoms with Gasteiger partial charge >= 0.3 is 0 Å². The standard InChI is InChI=1S/C12H22N2O/c1-10(2)9-14(4)11(15)12(3)7-5-6-8-13-12/h13H,1,5-9H2,2-4H3. The van der Waals surface area contributed by atoms with Gasteiger partial charge in [-0.3, -0.25) is 4.79 Å². The Bertz CT molecular complexity index is 254. The number of piperidine rings is 1. The molecule has 1 saturated heterocycles. The smallest absolute Gasteiger partial charge is 0.242 e. The van der Waals surface area contributed by atoms with Crippen LogP contribution in [0.25, 0.3) is 0 Å². The molecule has 0 bridgehead atoms. The minimum absolute atomic E-state index is 0.185. The highest BCUT2D eigenvalue weighted by Gasteiger charge is 2.36. The van der Waals surface area contributed by atoms with E-state index in [1.165, 1.54) is 6.42 Å². The van der Waals surface area contributed by atoms with Crippen molar-refractivity contribution in [2.75, 3.05) is 20.1 Å². The average Bonchev–Trinajstić information content (AvgIpc) is 2.16. The van der Waals surface area contributed by atoms with Gasteiger partial charge in [-0.2, -0.15) is 0 Å². The Morgan fingerprint density at radius 1 is 1.53 bits per heavy atom. The van der Waals surface area contributed by atoms with Crippen LogP contribution in [0.4, 0.5) is 0 Å². The third kappa shape index (κ3) is 3.06. The second kappa shape index (κ2) is 4.79. The van der Waals surface area contributed by atoms with E-state index >= 15 is 0 Å². The van der Waals surface area contributed by atoms with Crippen molar-refractivity contribution in [1.29, 1.82) is 0 Å². The maximum Gasteiger partial charge on any atom is 0.242 e. The van der Waals surface area contributed by atoms with E-state index in [0.29, 0.717) is 6.54 Å². The van der Waals surface area contributed by atoms with Crippen LogP contribution in [0.3, 0.4) is 0 Å². The van der Waals surface area contributed by atoms with Crippen molar-refractivity contribution >= 4 is 5.91 Å². The molecule has 1 rings (SSSR count). The number of rotatable bonds is 3. The lowest BCUT2D eigenvalue weighted by Gasteiger charge is -2.36. The monoisotopic (exact) mass is 210 g/mol. The molecule has 0 radical (unpaired) electrons. The van der Waals surface area contributed by atoms with Crippen LogP contribution in [-0.2, 0) is 4.79 Å². The minimum atomic E-state index is -0.359. The minimum Gasteiger partial charge on any atom is -0.340 e. The lowest BCUT2D eigenvalue weighted by Crippen LogP contribution is -2.57. The molecule has 1 N–H and O–H groups in total. The Hall–Kier alpha value is -0.830. The van der Waals surface area contributed by atoms with Crippen molar-refractivity contribution in [1.82, 2.24) is 10.2 Å². The van der Waals surface area contributed by atoms with Crippen LogP contribution in [0.2, 0.25) is 0 Å². The number of carbonyl (C=O) groups excluding carboxylic acids is 1. The highest BCUT2D eigenvalue weighted by molar-refractivity contribution is 5.86. The van der Waals surface area contributed by atoms with E-state index in [0.717, 1.165) is 25.0 Å². The first-order chi connectivity index (χ1) is 6.96. The Kier molecular flexibility index (Phi) is 3.91. The van der Waals surface area contributed by atoms with Gasteiger partial charge in [0.05, 0.1) is 5.54 Å². The molecule has 15 heavy (non-hydrogen) atoms. The molecule has 1 aliphatic heterocycles. The summed E-state index contributed by atoms with van der Waals surface area (Å²) in [6.07, 6.45) is 3.25. The van der Waals surface area contributed by atoms with Crippen molar-refractivity contribution in [3.05, 3.63) is 12.2 Å². The van der Waals surface area contributed by atoms with E-state index in [-0.39, 0.29) is 11.4 Å². The number of amides is 1. The van der Waals surface area contributed by atoms with Crippen LogP contribution in [0.1, 0.15) is 33.1 Å². The van der Waals surface area contributed by atoms with Crippen molar-refractivity contribution < 1.29 is 4.79 Å². The molecule has 0 aliphatic carbocycles. The normalized spacial score (nSPS) is 26.1. The summed E-state index contributed by atoms with van der Waals surface area (Å²) in [6, 6.07) is 0. The number of nitrogens with zero attached hydrogens (tertiary/aromatic N) is 1. The largest absolute Gasteiger partial charge is 0.340 e. The highest BCUT2D eigenvalue weighted by atomic mass is 16.2. The summed E-state index contributed by atoms with van der Waals surface area (Å²) in [6.45, 7) is 9.38. The maximum absolute atomic E-state index is 12.2. The molecule has 1 heterocycles. The Balaban J connectivity index is 2.61. The van der Waals surface area contributed by atoms with Crippen LogP contribution in [-0.4, -0.2) is 36.5 Å². The third-order valence-corrected chi connectivity index (χ3v) is 2.94. The molecule has 1 fully saturated rings. The summed E-state index contributed by atoms with van der Waals surface area (Å²) >= 11 is 0.